The fourth-order valence-corrected chi connectivity index (χ4v) is 4.38. The first-order valence-electron chi connectivity index (χ1n) is 11.4. The minimum absolute atomic E-state index is 0.0542. The lowest BCUT2D eigenvalue weighted by Crippen LogP contribution is -2.56. The number of ether oxygens (including phenoxy) is 3. The highest BCUT2D eigenvalue weighted by Gasteiger charge is 2.39. The molecule has 176 valence electrons. The van der Waals surface area contributed by atoms with E-state index in [1.165, 1.54) is 0 Å². The van der Waals surface area contributed by atoms with Gasteiger partial charge in [0.05, 0.1) is 26.9 Å². The highest BCUT2D eigenvalue weighted by molar-refractivity contribution is 5.93. The van der Waals surface area contributed by atoms with E-state index in [0.717, 1.165) is 36.1 Å². The van der Waals surface area contributed by atoms with Gasteiger partial charge >= 0.3 is 6.03 Å². The summed E-state index contributed by atoms with van der Waals surface area (Å²) < 4.78 is 16.6. The van der Waals surface area contributed by atoms with Crippen LogP contribution in [-0.4, -0.2) is 62.2 Å². The predicted octanol–water partition coefficient (Wildman–Crippen LogP) is 3.86. The summed E-state index contributed by atoms with van der Waals surface area (Å²) in [6.45, 7) is 3.89. The van der Waals surface area contributed by atoms with Gasteiger partial charge in [-0.2, -0.15) is 0 Å². The number of fused-ring (bicyclic) bond motifs is 3. The lowest BCUT2D eigenvalue weighted by atomic mass is 9.90. The minimum atomic E-state index is -0.296. The third-order valence-electron chi connectivity index (χ3n) is 6.20. The van der Waals surface area contributed by atoms with Gasteiger partial charge in [-0.3, -0.25) is 4.79 Å². The summed E-state index contributed by atoms with van der Waals surface area (Å²) in [5.41, 5.74) is 2.77. The first-order valence-corrected chi connectivity index (χ1v) is 11.4. The molecule has 3 amide bonds. The van der Waals surface area contributed by atoms with Crippen LogP contribution in [0.1, 0.15) is 36.9 Å². The Kier molecular flexibility index (Phi) is 6.91. The van der Waals surface area contributed by atoms with Gasteiger partial charge in [-0.05, 0) is 60.4 Å². The highest BCUT2D eigenvalue weighted by Crippen LogP contribution is 2.39. The molecule has 0 aliphatic carbocycles. The number of unbranched alkanes of at least 4 members (excludes halogenated alkanes) is 1. The number of anilines is 1. The summed E-state index contributed by atoms with van der Waals surface area (Å²) >= 11 is 0. The molecule has 2 aliphatic rings. The smallest absolute Gasteiger partial charge is 0.322 e. The molecule has 1 unspecified atom stereocenters. The summed E-state index contributed by atoms with van der Waals surface area (Å²) in [4.78, 5) is 29.3. The average molecular weight is 454 g/mol. The van der Waals surface area contributed by atoms with Crippen molar-refractivity contribution >= 4 is 17.6 Å². The molecule has 33 heavy (non-hydrogen) atoms. The van der Waals surface area contributed by atoms with Crippen LogP contribution in [-0.2, 0) is 11.2 Å². The first-order chi connectivity index (χ1) is 16.0. The van der Waals surface area contributed by atoms with Crippen molar-refractivity contribution in [2.24, 2.45) is 0 Å². The van der Waals surface area contributed by atoms with Crippen molar-refractivity contribution in [3.63, 3.8) is 0 Å². The van der Waals surface area contributed by atoms with Crippen molar-refractivity contribution < 1.29 is 23.8 Å². The Labute approximate surface area is 194 Å². The number of methoxy groups -OCH3 is 2. The molecule has 2 heterocycles. The Balaban J connectivity index is 1.47. The summed E-state index contributed by atoms with van der Waals surface area (Å²) in [5, 5.41) is 2.90. The van der Waals surface area contributed by atoms with Crippen molar-refractivity contribution in [2.75, 3.05) is 45.8 Å². The summed E-state index contributed by atoms with van der Waals surface area (Å²) in [6, 6.07) is 10.7. The quantitative estimate of drug-likeness (QED) is 0.644. The maximum atomic E-state index is 13.0. The zero-order chi connectivity index (χ0) is 23.4. The Morgan fingerprint density at radius 2 is 1.85 bits per heavy atom. The van der Waals surface area contributed by atoms with E-state index in [4.69, 9.17) is 14.2 Å². The highest BCUT2D eigenvalue weighted by atomic mass is 16.5. The van der Waals surface area contributed by atoms with Crippen molar-refractivity contribution in [2.45, 2.75) is 32.2 Å². The molecule has 1 fully saturated rings. The molecule has 1 N–H and O–H groups in total. The van der Waals surface area contributed by atoms with Gasteiger partial charge in [0.2, 0.25) is 5.91 Å². The fourth-order valence-electron chi connectivity index (χ4n) is 4.38. The van der Waals surface area contributed by atoms with E-state index in [9.17, 15) is 9.59 Å². The van der Waals surface area contributed by atoms with Gasteiger partial charge in [0.15, 0.2) is 11.5 Å². The average Bonchev–Trinajstić information content (AvgIpc) is 2.84. The second-order valence-corrected chi connectivity index (χ2v) is 8.30. The maximum Gasteiger partial charge on any atom is 0.322 e. The van der Waals surface area contributed by atoms with E-state index in [1.54, 1.807) is 19.1 Å². The number of nitrogens with one attached hydrogen (secondary N) is 1. The van der Waals surface area contributed by atoms with Crippen molar-refractivity contribution in [1.82, 2.24) is 9.80 Å². The van der Waals surface area contributed by atoms with Crippen LogP contribution in [0.15, 0.2) is 36.4 Å². The van der Waals surface area contributed by atoms with Crippen molar-refractivity contribution in [1.29, 1.82) is 0 Å². The molecule has 2 aliphatic heterocycles. The van der Waals surface area contributed by atoms with E-state index in [1.807, 2.05) is 41.3 Å². The SMILES string of the molecule is CCCCOc1ccc(NC(=O)N2CC(=O)N3CCc4cc(OC)c(OC)cc4C3C2)cc1. The minimum Gasteiger partial charge on any atom is -0.494 e. The molecule has 1 saturated heterocycles. The zero-order valence-electron chi connectivity index (χ0n) is 19.4. The second kappa shape index (κ2) is 10.0. The fraction of sp³-hybridized carbons (Fsp3) is 0.440. The maximum absolute atomic E-state index is 13.0. The standard InChI is InChI=1S/C25H31N3O5/c1-4-5-12-33-19-8-6-18(7-9-19)26-25(30)27-15-21-20-14-23(32-3)22(31-2)13-17(20)10-11-28(21)24(29)16-27/h6-9,13-14,21H,4-5,10-12,15-16H2,1-3H3,(H,26,30). The number of nitrogens with zero attached hydrogens (tertiary/aromatic N) is 2. The molecule has 0 radical (unpaired) electrons. The van der Waals surface area contributed by atoms with Gasteiger partial charge in [0, 0.05) is 18.8 Å². The number of rotatable bonds is 7. The number of benzene rings is 2. The molecule has 2 aromatic carbocycles. The van der Waals surface area contributed by atoms with Crippen molar-refractivity contribution in [3.8, 4) is 17.2 Å². The molecule has 4 rings (SSSR count). The van der Waals surface area contributed by atoms with Crippen LogP contribution in [0.5, 0.6) is 17.2 Å². The number of amides is 3. The number of carbonyl (C=O) groups is 2. The van der Waals surface area contributed by atoms with Crippen LogP contribution in [0.2, 0.25) is 0 Å². The van der Waals surface area contributed by atoms with Crippen LogP contribution in [0.25, 0.3) is 0 Å². The van der Waals surface area contributed by atoms with E-state index >= 15 is 0 Å². The normalized spacial score (nSPS) is 17.2. The number of carbonyl (C=O) groups excluding carboxylic acids is 2. The van der Waals surface area contributed by atoms with Crippen LogP contribution in [0.4, 0.5) is 10.5 Å². The molecular weight excluding hydrogens is 422 g/mol. The zero-order valence-corrected chi connectivity index (χ0v) is 19.4. The van der Waals surface area contributed by atoms with Crippen LogP contribution < -0.4 is 19.5 Å². The van der Waals surface area contributed by atoms with Gasteiger partial charge in [-0.1, -0.05) is 13.3 Å². The number of piperazine rings is 1. The van der Waals surface area contributed by atoms with Crippen LogP contribution in [0, 0.1) is 0 Å². The van der Waals surface area contributed by atoms with Crippen LogP contribution in [0.3, 0.4) is 0 Å². The topological polar surface area (TPSA) is 80.3 Å². The molecule has 8 heteroatoms. The molecule has 8 nitrogen and oxygen atoms in total. The molecular formula is C25H31N3O5. The Bertz CT molecular complexity index is 1010. The third kappa shape index (κ3) is 4.84. The molecule has 0 aromatic heterocycles. The number of hydrogen-bond donors (Lipinski definition) is 1. The second-order valence-electron chi connectivity index (χ2n) is 8.30. The van der Waals surface area contributed by atoms with E-state index in [0.29, 0.717) is 36.9 Å². The third-order valence-corrected chi connectivity index (χ3v) is 6.20. The lowest BCUT2D eigenvalue weighted by molar-refractivity contribution is -0.139. The summed E-state index contributed by atoms with van der Waals surface area (Å²) in [5.74, 6) is 2.01. The van der Waals surface area contributed by atoms with Crippen molar-refractivity contribution in [3.05, 3.63) is 47.5 Å². The predicted molar refractivity (Wildman–Crippen MR) is 125 cm³/mol. The summed E-state index contributed by atoms with van der Waals surface area (Å²) in [6.07, 6.45) is 2.82. The van der Waals surface area contributed by atoms with Gasteiger partial charge in [-0.15, -0.1) is 0 Å². The van der Waals surface area contributed by atoms with E-state index in [2.05, 4.69) is 12.2 Å². The molecule has 0 saturated carbocycles. The molecule has 0 bridgehead atoms. The van der Waals surface area contributed by atoms with E-state index in [-0.39, 0.29) is 24.5 Å². The Morgan fingerprint density at radius 1 is 1.12 bits per heavy atom. The monoisotopic (exact) mass is 453 g/mol. The number of hydrogen-bond acceptors (Lipinski definition) is 5. The van der Waals surface area contributed by atoms with Gasteiger partial charge in [0.25, 0.3) is 0 Å². The van der Waals surface area contributed by atoms with Crippen LogP contribution >= 0.6 is 0 Å². The molecule has 2 aromatic rings. The summed E-state index contributed by atoms with van der Waals surface area (Å²) in [7, 11) is 3.20. The Hall–Kier alpha value is -3.42. The van der Waals surface area contributed by atoms with E-state index < -0.39 is 0 Å². The van der Waals surface area contributed by atoms with Gasteiger partial charge in [0.1, 0.15) is 12.3 Å². The van der Waals surface area contributed by atoms with Gasteiger partial charge in [-0.25, -0.2) is 4.79 Å². The Morgan fingerprint density at radius 3 is 2.55 bits per heavy atom. The number of urea groups is 1. The largest absolute Gasteiger partial charge is 0.494 e. The molecule has 1 atom stereocenters. The first kappa shape index (κ1) is 22.8. The molecule has 0 spiro atoms. The lowest BCUT2D eigenvalue weighted by Gasteiger charge is -2.44. The van der Waals surface area contributed by atoms with Gasteiger partial charge < -0.3 is 29.3 Å².